The van der Waals surface area contributed by atoms with Gasteiger partial charge in [0.05, 0.1) is 0 Å². The highest BCUT2D eigenvalue weighted by Gasteiger charge is 2.39. The Hall–Kier alpha value is -0.260. The Kier molecular flexibility index (Phi) is 1.42. The fraction of sp³-hybridized carbons (Fsp3) is 0.833. The van der Waals surface area contributed by atoms with Crippen LogP contribution < -0.4 is 0 Å². The molecule has 0 saturated heterocycles. The van der Waals surface area contributed by atoms with Crippen molar-refractivity contribution in [2.24, 2.45) is 17.8 Å². The third-order valence-corrected chi connectivity index (χ3v) is 3.68. The van der Waals surface area contributed by atoms with Gasteiger partial charge in [-0.1, -0.05) is 11.1 Å². The van der Waals surface area contributed by atoms with Crippen LogP contribution in [0.15, 0.2) is 11.1 Å². The van der Waals surface area contributed by atoms with Gasteiger partial charge in [0, 0.05) is 0 Å². The first-order chi connectivity index (χ1) is 5.86. The largest absolute Gasteiger partial charge is 0.0705 e. The molecule has 0 bridgehead atoms. The summed E-state index contributed by atoms with van der Waals surface area (Å²) < 4.78 is 0. The molecule has 66 valence electrons. The minimum absolute atomic E-state index is 1.03. The Balaban J connectivity index is 1.85. The summed E-state index contributed by atoms with van der Waals surface area (Å²) in [6, 6.07) is 0. The maximum absolute atomic E-state index is 2.42. The zero-order chi connectivity index (χ0) is 8.13. The summed E-state index contributed by atoms with van der Waals surface area (Å²) in [7, 11) is 0. The number of allylic oxidation sites excluding steroid dienone is 2. The van der Waals surface area contributed by atoms with E-state index in [0.29, 0.717) is 0 Å². The molecule has 0 atom stereocenters. The van der Waals surface area contributed by atoms with E-state index in [1.807, 2.05) is 11.1 Å². The van der Waals surface area contributed by atoms with Gasteiger partial charge in [0.2, 0.25) is 0 Å². The molecule has 3 rings (SSSR count). The molecule has 0 aliphatic heterocycles. The zero-order valence-electron chi connectivity index (χ0n) is 7.97. The highest BCUT2D eigenvalue weighted by atomic mass is 14.4. The average molecular weight is 162 g/mol. The molecule has 3 saturated carbocycles. The lowest BCUT2D eigenvalue weighted by atomic mass is 9.97. The van der Waals surface area contributed by atoms with Gasteiger partial charge in [0.15, 0.2) is 0 Å². The minimum Gasteiger partial charge on any atom is -0.0705 e. The van der Waals surface area contributed by atoms with E-state index in [9.17, 15) is 0 Å². The fourth-order valence-corrected chi connectivity index (χ4v) is 2.52. The van der Waals surface area contributed by atoms with Crippen LogP contribution in [0.4, 0.5) is 0 Å². The summed E-state index contributed by atoms with van der Waals surface area (Å²) in [5, 5.41) is 0. The maximum Gasteiger partial charge on any atom is -0.0197 e. The molecule has 0 radical (unpaired) electrons. The van der Waals surface area contributed by atoms with Gasteiger partial charge in [-0.3, -0.25) is 0 Å². The molecule has 0 N–H and O–H groups in total. The lowest BCUT2D eigenvalue weighted by Crippen LogP contribution is -1.95. The number of rotatable bonds is 3. The van der Waals surface area contributed by atoms with Crippen LogP contribution in [-0.4, -0.2) is 0 Å². The Morgan fingerprint density at radius 2 is 1.17 bits per heavy atom. The molecule has 3 aliphatic rings. The third-order valence-electron chi connectivity index (χ3n) is 3.68. The SMILES string of the molecule is CC(=C(C1CC1)C1CC1)C1CC1. The van der Waals surface area contributed by atoms with Crippen LogP contribution in [-0.2, 0) is 0 Å². The maximum atomic E-state index is 2.42. The van der Waals surface area contributed by atoms with Crippen LogP contribution >= 0.6 is 0 Å². The normalized spacial score (nSPS) is 28.8. The van der Waals surface area contributed by atoms with Crippen molar-refractivity contribution in [2.75, 3.05) is 0 Å². The lowest BCUT2D eigenvalue weighted by molar-refractivity contribution is 0.797. The monoisotopic (exact) mass is 162 g/mol. The van der Waals surface area contributed by atoms with Crippen molar-refractivity contribution in [3.05, 3.63) is 11.1 Å². The second-order valence-corrected chi connectivity index (χ2v) is 4.96. The molecule has 0 amide bonds. The van der Waals surface area contributed by atoms with E-state index in [0.717, 1.165) is 17.8 Å². The minimum atomic E-state index is 1.03. The molecular weight excluding hydrogens is 144 g/mol. The standard InChI is InChI=1S/C12H18/c1-8(9-2-3-9)12(10-4-5-10)11-6-7-11/h9-11H,2-7H2,1H3. The Labute approximate surface area is 75.0 Å². The van der Waals surface area contributed by atoms with Crippen LogP contribution in [0.2, 0.25) is 0 Å². The van der Waals surface area contributed by atoms with Crippen LogP contribution in [0.1, 0.15) is 45.4 Å². The molecule has 0 aromatic heterocycles. The summed E-state index contributed by atoms with van der Waals surface area (Å²) in [5.41, 5.74) is 3.75. The molecular formula is C12H18. The quantitative estimate of drug-likeness (QED) is 0.557. The fourth-order valence-electron chi connectivity index (χ4n) is 2.52. The van der Waals surface area contributed by atoms with Gasteiger partial charge in [-0.2, -0.15) is 0 Å². The van der Waals surface area contributed by atoms with E-state index in [-0.39, 0.29) is 0 Å². The van der Waals surface area contributed by atoms with Crippen molar-refractivity contribution in [1.29, 1.82) is 0 Å². The molecule has 3 fully saturated rings. The van der Waals surface area contributed by atoms with E-state index < -0.39 is 0 Å². The molecule has 0 unspecified atom stereocenters. The van der Waals surface area contributed by atoms with Crippen molar-refractivity contribution in [3.8, 4) is 0 Å². The Morgan fingerprint density at radius 1 is 0.750 bits per heavy atom. The highest BCUT2D eigenvalue weighted by Crippen LogP contribution is 2.53. The lowest BCUT2D eigenvalue weighted by Gasteiger charge is -2.09. The van der Waals surface area contributed by atoms with Crippen LogP contribution in [0.25, 0.3) is 0 Å². The van der Waals surface area contributed by atoms with E-state index in [2.05, 4.69) is 6.92 Å². The van der Waals surface area contributed by atoms with E-state index in [4.69, 9.17) is 0 Å². The number of hydrogen-bond donors (Lipinski definition) is 0. The second kappa shape index (κ2) is 2.37. The molecule has 0 spiro atoms. The van der Waals surface area contributed by atoms with Crippen LogP contribution in [0.3, 0.4) is 0 Å². The first-order valence-corrected chi connectivity index (χ1v) is 5.57. The van der Waals surface area contributed by atoms with Crippen molar-refractivity contribution in [3.63, 3.8) is 0 Å². The summed E-state index contributed by atoms with van der Waals surface area (Å²) in [5.74, 6) is 3.14. The molecule has 0 aromatic rings. The molecule has 3 aliphatic carbocycles. The van der Waals surface area contributed by atoms with Gasteiger partial charge in [0.25, 0.3) is 0 Å². The summed E-state index contributed by atoms with van der Waals surface area (Å²) in [6.07, 6.45) is 9.03. The smallest absolute Gasteiger partial charge is 0.0197 e. The van der Waals surface area contributed by atoms with E-state index >= 15 is 0 Å². The van der Waals surface area contributed by atoms with Gasteiger partial charge < -0.3 is 0 Å². The zero-order valence-corrected chi connectivity index (χ0v) is 7.97. The highest BCUT2D eigenvalue weighted by molar-refractivity contribution is 5.29. The average Bonchev–Trinajstić information content (AvgIpc) is 2.90. The molecule has 0 heterocycles. The molecule has 0 heteroatoms. The first kappa shape index (κ1) is 7.17. The molecule has 12 heavy (non-hydrogen) atoms. The van der Waals surface area contributed by atoms with Gasteiger partial charge in [0.1, 0.15) is 0 Å². The predicted octanol–water partition coefficient (Wildman–Crippen LogP) is 3.53. The van der Waals surface area contributed by atoms with Crippen LogP contribution in [0.5, 0.6) is 0 Å². The topological polar surface area (TPSA) is 0 Å². The van der Waals surface area contributed by atoms with Gasteiger partial charge >= 0.3 is 0 Å². The van der Waals surface area contributed by atoms with E-state index in [1.54, 1.807) is 0 Å². The Bertz CT molecular complexity index is 210. The van der Waals surface area contributed by atoms with E-state index in [1.165, 1.54) is 38.5 Å². The third kappa shape index (κ3) is 1.22. The van der Waals surface area contributed by atoms with Gasteiger partial charge in [-0.15, -0.1) is 0 Å². The van der Waals surface area contributed by atoms with Crippen molar-refractivity contribution < 1.29 is 0 Å². The molecule has 0 nitrogen and oxygen atoms in total. The summed E-state index contributed by atoms with van der Waals surface area (Å²) >= 11 is 0. The predicted molar refractivity (Wildman–Crippen MR) is 50.9 cm³/mol. The van der Waals surface area contributed by atoms with Crippen molar-refractivity contribution >= 4 is 0 Å². The number of hydrogen-bond acceptors (Lipinski definition) is 0. The Morgan fingerprint density at radius 3 is 1.50 bits per heavy atom. The van der Waals surface area contributed by atoms with Crippen LogP contribution in [0, 0.1) is 17.8 Å². The van der Waals surface area contributed by atoms with Crippen molar-refractivity contribution in [2.45, 2.75) is 45.4 Å². The second-order valence-electron chi connectivity index (χ2n) is 4.96. The molecule has 0 aromatic carbocycles. The van der Waals surface area contributed by atoms with Gasteiger partial charge in [-0.05, 0) is 63.2 Å². The van der Waals surface area contributed by atoms with Gasteiger partial charge in [-0.25, -0.2) is 0 Å². The first-order valence-electron chi connectivity index (χ1n) is 5.57. The summed E-state index contributed by atoms with van der Waals surface area (Å²) in [6.45, 7) is 2.42. The summed E-state index contributed by atoms with van der Waals surface area (Å²) in [4.78, 5) is 0. The van der Waals surface area contributed by atoms with Crippen molar-refractivity contribution in [1.82, 2.24) is 0 Å².